The Morgan fingerprint density at radius 2 is 1.94 bits per heavy atom. The summed E-state index contributed by atoms with van der Waals surface area (Å²) in [5.41, 5.74) is 2.38. The number of aromatic nitrogens is 3. The van der Waals surface area contributed by atoms with Crippen LogP contribution in [0.15, 0.2) is 59.0 Å². The van der Waals surface area contributed by atoms with E-state index in [1.165, 1.54) is 36.7 Å². The minimum absolute atomic E-state index is 0.0946. The molecule has 2 amide bonds. The molecule has 2 aromatic heterocycles. The first-order chi connectivity index (χ1) is 15.4. The highest BCUT2D eigenvalue weighted by Crippen LogP contribution is 2.25. The van der Waals surface area contributed by atoms with Crippen molar-refractivity contribution in [3.63, 3.8) is 0 Å². The molecule has 0 spiro atoms. The molecular weight excluding hydrogens is 433 g/mol. The number of amides is 2. The summed E-state index contributed by atoms with van der Waals surface area (Å²) in [7, 11) is 0. The smallest absolute Gasteiger partial charge is 0.261 e. The molecule has 2 aromatic carbocycles. The largest absolute Gasteiger partial charge is 0.352 e. The van der Waals surface area contributed by atoms with Gasteiger partial charge < -0.3 is 10.6 Å². The second kappa shape index (κ2) is 9.06. The lowest BCUT2D eigenvalue weighted by molar-refractivity contribution is -0.119. The quantitative estimate of drug-likeness (QED) is 0.469. The van der Waals surface area contributed by atoms with Gasteiger partial charge in [0, 0.05) is 24.4 Å². The molecule has 0 aliphatic rings. The minimum Gasteiger partial charge on any atom is -0.352 e. The van der Waals surface area contributed by atoms with Crippen LogP contribution in [-0.4, -0.2) is 26.3 Å². The zero-order chi connectivity index (χ0) is 22.7. The number of nitrogens with one attached hydrogen (secondary N) is 2. The summed E-state index contributed by atoms with van der Waals surface area (Å²) in [5, 5.41) is 7.72. The molecule has 10 heteroatoms. The number of nitrogens with zero attached hydrogens (tertiary/aromatic N) is 3. The van der Waals surface area contributed by atoms with Crippen LogP contribution in [0.3, 0.4) is 0 Å². The molecule has 2 heterocycles. The number of benzene rings is 2. The van der Waals surface area contributed by atoms with Gasteiger partial charge in [0.15, 0.2) is 5.13 Å². The van der Waals surface area contributed by atoms with Gasteiger partial charge in [-0.1, -0.05) is 24.3 Å². The fourth-order valence-corrected chi connectivity index (χ4v) is 3.78. The van der Waals surface area contributed by atoms with E-state index in [9.17, 15) is 18.8 Å². The van der Waals surface area contributed by atoms with E-state index in [0.29, 0.717) is 22.9 Å². The molecule has 0 bridgehead atoms. The van der Waals surface area contributed by atoms with E-state index in [0.717, 1.165) is 21.8 Å². The van der Waals surface area contributed by atoms with Crippen molar-refractivity contribution < 1.29 is 14.0 Å². The maximum Gasteiger partial charge on any atom is 0.261 e. The number of hydrogen-bond donors (Lipinski definition) is 2. The van der Waals surface area contributed by atoms with Gasteiger partial charge in [-0.2, -0.15) is 0 Å². The molecule has 0 atom stereocenters. The van der Waals surface area contributed by atoms with Crippen LogP contribution in [0.4, 0.5) is 9.52 Å². The Hall–Kier alpha value is -3.92. The molecule has 0 saturated heterocycles. The zero-order valence-electron chi connectivity index (χ0n) is 17.0. The Bertz CT molecular complexity index is 1360. The van der Waals surface area contributed by atoms with Crippen molar-refractivity contribution in [3.05, 3.63) is 75.9 Å². The van der Waals surface area contributed by atoms with E-state index in [2.05, 4.69) is 20.6 Å². The van der Waals surface area contributed by atoms with E-state index in [1.807, 2.05) is 29.6 Å². The van der Waals surface area contributed by atoms with Crippen molar-refractivity contribution in [3.8, 4) is 11.3 Å². The van der Waals surface area contributed by atoms with E-state index in [-0.39, 0.29) is 17.8 Å². The van der Waals surface area contributed by atoms with Gasteiger partial charge in [-0.05, 0) is 23.8 Å². The number of hydrogen-bond acceptors (Lipinski definition) is 6. The van der Waals surface area contributed by atoms with Gasteiger partial charge in [0.1, 0.15) is 12.4 Å². The highest BCUT2D eigenvalue weighted by atomic mass is 32.1. The van der Waals surface area contributed by atoms with Crippen LogP contribution in [0.5, 0.6) is 0 Å². The number of thiazole rings is 1. The molecule has 8 nitrogen and oxygen atoms in total. The molecule has 2 N–H and O–H groups in total. The molecule has 0 aliphatic carbocycles. The second-order valence-electron chi connectivity index (χ2n) is 7.03. The van der Waals surface area contributed by atoms with Crippen molar-refractivity contribution in [1.82, 2.24) is 19.9 Å². The van der Waals surface area contributed by atoms with Gasteiger partial charge in [-0.15, -0.1) is 11.3 Å². The van der Waals surface area contributed by atoms with Crippen LogP contribution in [0.2, 0.25) is 0 Å². The summed E-state index contributed by atoms with van der Waals surface area (Å²) >= 11 is 1.26. The fraction of sp³-hybridized carbons (Fsp3) is 0.136. The first-order valence-electron chi connectivity index (χ1n) is 9.63. The Kier molecular flexibility index (Phi) is 6.04. The van der Waals surface area contributed by atoms with E-state index in [1.54, 1.807) is 0 Å². The third-order valence-corrected chi connectivity index (χ3v) is 5.40. The van der Waals surface area contributed by atoms with Crippen molar-refractivity contribution >= 4 is 39.2 Å². The standard InChI is InChI=1S/C22H18FN5O3S/c1-13(29)24-9-14-2-4-15(5-3-14)19-11-32-22(26-19)27-20(30)10-28-12-25-18-7-6-16(23)8-17(18)21(28)31/h2-8,11-12H,9-10H2,1H3,(H,24,29)(H,26,27,30). The van der Waals surface area contributed by atoms with Crippen LogP contribution in [0, 0.1) is 5.82 Å². The first-order valence-corrected chi connectivity index (χ1v) is 10.5. The van der Waals surface area contributed by atoms with E-state index in [4.69, 9.17) is 0 Å². The maximum atomic E-state index is 13.5. The van der Waals surface area contributed by atoms with Gasteiger partial charge in [-0.3, -0.25) is 19.0 Å². The topological polar surface area (TPSA) is 106 Å². The lowest BCUT2D eigenvalue weighted by Gasteiger charge is -2.06. The average Bonchev–Trinajstić information content (AvgIpc) is 3.23. The first kappa shape index (κ1) is 21.3. The summed E-state index contributed by atoms with van der Waals surface area (Å²) in [6, 6.07) is 11.3. The SMILES string of the molecule is CC(=O)NCc1ccc(-c2csc(NC(=O)Cn3cnc4ccc(F)cc4c3=O)n2)cc1. The second-order valence-corrected chi connectivity index (χ2v) is 7.89. The molecule has 4 rings (SSSR count). The van der Waals surface area contributed by atoms with Crippen molar-refractivity contribution in [1.29, 1.82) is 0 Å². The highest BCUT2D eigenvalue weighted by Gasteiger charge is 2.12. The molecule has 32 heavy (non-hydrogen) atoms. The molecule has 0 unspecified atom stereocenters. The summed E-state index contributed by atoms with van der Waals surface area (Å²) in [5.74, 6) is -1.09. The lowest BCUT2D eigenvalue weighted by Crippen LogP contribution is -2.27. The summed E-state index contributed by atoms with van der Waals surface area (Å²) in [4.78, 5) is 44.4. The monoisotopic (exact) mass is 451 g/mol. The number of rotatable bonds is 6. The molecular formula is C22H18FN5O3S. The Labute approximate surface area is 185 Å². The molecule has 0 radical (unpaired) electrons. The molecule has 0 fully saturated rings. The van der Waals surface area contributed by atoms with Gasteiger partial charge in [0.25, 0.3) is 5.56 Å². The highest BCUT2D eigenvalue weighted by molar-refractivity contribution is 7.14. The number of halogens is 1. The average molecular weight is 451 g/mol. The van der Waals surface area contributed by atoms with Crippen molar-refractivity contribution in [2.24, 2.45) is 0 Å². The number of anilines is 1. The molecule has 0 saturated carbocycles. The zero-order valence-corrected chi connectivity index (χ0v) is 17.8. The normalized spacial score (nSPS) is 10.8. The number of carbonyl (C=O) groups excluding carboxylic acids is 2. The molecule has 0 aliphatic heterocycles. The van der Waals surface area contributed by atoms with Crippen LogP contribution in [0.1, 0.15) is 12.5 Å². The van der Waals surface area contributed by atoms with Crippen LogP contribution >= 0.6 is 11.3 Å². The van der Waals surface area contributed by atoms with E-state index >= 15 is 0 Å². The maximum absolute atomic E-state index is 13.5. The minimum atomic E-state index is -0.544. The van der Waals surface area contributed by atoms with Crippen LogP contribution in [-0.2, 0) is 22.7 Å². The van der Waals surface area contributed by atoms with Gasteiger partial charge in [0.2, 0.25) is 11.8 Å². The molecule has 4 aromatic rings. The van der Waals surface area contributed by atoms with Crippen molar-refractivity contribution in [2.45, 2.75) is 20.0 Å². The van der Waals surface area contributed by atoms with E-state index < -0.39 is 17.3 Å². The predicted octanol–water partition coefficient (Wildman–Crippen LogP) is 2.93. The third-order valence-electron chi connectivity index (χ3n) is 4.64. The van der Waals surface area contributed by atoms with Gasteiger partial charge >= 0.3 is 0 Å². The third kappa shape index (κ3) is 4.86. The Balaban J connectivity index is 1.43. The van der Waals surface area contributed by atoms with Crippen LogP contribution < -0.4 is 16.2 Å². The molecule has 162 valence electrons. The number of carbonyl (C=O) groups is 2. The lowest BCUT2D eigenvalue weighted by atomic mass is 10.1. The Morgan fingerprint density at radius 1 is 1.16 bits per heavy atom. The summed E-state index contributed by atoms with van der Waals surface area (Å²) in [6.45, 7) is 1.64. The fourth-order valence-electron chi connectivity index (χ4n) is 3.04. The van der Waals surface area contributed by atoms with Gasteiger partial charge in [0.05, 0.1) is 22.9 Å². The van der Waals surface area contributed by atoms with Crippen LogP contribution in [0.25, 0.3) is 22.2 Å². The summed E-state index contributed by atoms with van der Waals surface area (Å²) < 4.78 is 14.6. The summed E-state index contributed by atoms with van der Waals surface area (Å²) in [6.07, 6.45) is 1.26. The predicted molar refractivity (Wildman–Crippen MR) is 120 cm³/mol. The number of fused-ring (bicyclic) bond motifs is 1. The van der Waals surface area contributed by atoms with Crippen molar-refractivity contribution in [2.75, 3.05) is 5.32 Å². The Morgan fingerprint density at radius 3 is 2.69 bits per heavy atom. The van der Waals surface area contributed by atoms with Gasteiger partial charge in [-0.25, -0.2) is 14.4 Å².